The van der Waals surface area contributed by atoms with Crippen molar-refractivity contribution in [2.75, 3.05) is 5.32 Å². The summed E-state index contributed by atoms with van der Waals surface area (Å²) in [6.07, 6.45) is 0.138. The van der Waals surface area contributed by atoms with Crippen molar-refractivity contribution in [3.8, 4) is 0 Å². The summed E-state index contributed by atoms with van der Waals surface area (Å²) in [7, 11) is 0. The van der Waals surface area contributed by atoms with Crippen LogP contribution in [0.15, 0.2) is 22.7 Å². The molecular weight excluding hydrogens is 324 g/mol. The van der Waals surface area contributed by atoms with E-state index in [0.717, 1.165) is 0 Å². The summed E-state index contributed by atoms with van der Waals surface area (Å²) in [6.45, 7) is 5.85. The standard InChI is InChI=1S/C14H19BrN2O3/c1-14(2,3)11(16)7-12(18)17-10-5-4-8(15)6-9(10)13(19)20/h4-6,11H,7,16H2,1-3H3,(H,17,18)(H,19,20). The Morgan fingerprint density at radius 3 is 2.50 bits per heavy atom. The van der Waals surface area contributed by atoms with Crippen molar-refractivity contribution >= 4 is 33.5 Å². The molecule has 6 heteroatoms. The lowest BCUT2D eigenvalue weighted by molar-refractivity contribution is -0.117. The van der Waals surface area contributed by atoms with E-state index in [4.69, 9.17) is 10.8 Å². The third-order valence-electron chi connectivity index (χ3n) is 3.00. The van der Waals surface area contributed by atoms with E-state index < -0.39 is 5.97 Å². The van der Waals surface area contributed by atoms with Crippen molar-refractivity contribution in [3.05, 3.63) is 28.2 Å². The van der Waals surface area contributed by atoms with E-state index >= 15 is 0 Å². The van der Waals surface area contributed by atoms with E-state index in [1.54, 1.807) is 12.1 Å². The first-order valence-corrected chi connectivity index (χ1v) is 6.99. The molecule has 0 bridgehead atoms. The fraction of sp³-hybridized carbons (Fsp3) is 0.429. The van der Waals surface area contributed by atoms with Gasteiger partial charge in [-0.05, 0) is 23.6 Å². The van der Waals surface area contributed by atoms with Gasteiger partial charge in [-0.2, -0.15) is 0 Å². The molecule has 1 amide bonds. The van der Waals surface area contributed by atoms with Crippen molar-refractivity contribution < 1.29 is 14.7 Å². The van der Waals surface area contributed by atoms with E-state index in [9.17, 15) is 9.59 Å². The molecule has 0 radical (unpaired) electrons. The lowest BCUT2D eigenvalue weighted by atomic mass is 9.85. The molecule has 1 rings (SSSR count). The quantitative estimate of drug-likeness (QED) is 0.784. The average molecular weight is 343 g/mol. The second kappa shape index (κ2) is 6.37. The van der Waals surface area contributed by atoms with Crippen LogP contribution < -0.4 is 11.1 Å². The summed E-state index contributed by atoms with van der Waals surface area (Å²) < 4.78 is 0.638. The third kappa shape index (κ3) is 4.61. The number of hydrogen-bond acceptors (Lipinski definition) is 3. The molecule has 0 aliphatic rings. The van der Waals surface area contributed by atoms with E-state index in [2.05, 4.69) is 21.2 Å². The zero-order valence-corrected chi connectivity index (χ0v) is 13.3. The van der Waals surface area contributed by atoms with Gasteiger partial charge in [0, 0.05) is 16.9 Å². The molecule has 20 heavy (non-hydrogen) atoms. The highest BCUT2D eigenvalue weighted by Gasteiger charge is 2.23. The van der Waals surface area contributed by atoms with Gasteiger partial charge in [0.05, 0.1) is 11.3 Å². The Hall–Kier alpha value is -1.40. The Kier molecular flexibility index (Phi) is 5.30. The Bertz CT molecular complexity index is 524. The van der Waals surface area contributed by atoms with Crippen LogP contribution >= 0.6 is 15.9 Å². The first kappa shape index (κ1) is 16.7. The number of rotatable bonds is 4. The summed E-state index contributed by atoms with van der Waals surface area (Å²) in [6, 6.07) is 4.37. The van der Waals surface area contributed by atoms with Gasteiger partial charge in [0.1, 0.15) is 0 Å². The van der Waals surface area contributed by atoms with Gasteiger partial charge < -0.3 is 16.2 Å². The molecule has 1 atom stereocenters. The Labute approximate surface area is 126 Å². The summed E-state index contributed by atoms with van der Waals surface area (Å²) >= 11 is 3.20. The van der Waals surface area contributed by atoms with Crippen molar-refractivity contribution in [3.63, 3.8) is 0 Å². The van der Waals surface area contributed by atoms with Crippen molar-refractivity contribution in [1.29, 1.82) is 0 Å². The highest BCUT2D eigenvalue weighted by molar-refractivity contribution is 9.10. The molecule has 1 aromatic rings. The molecule has 1 unspecified atom stereocenters. The predicted molar refractivity (Wildman–Crippen MR) is 81.8 cm³/mol. The second-order valence-corrected chi connectivity index (χ2v) is 6.64. The number of aromatic carboxylic acids is 1. The summed E-state index contributed by atoms with van der Waals surface area (Å²) in [5.74, 6) is -1.39. The van der Waals surface area contributed by atoms with Gasteiger partial charge in [-0.3, -0.25) is 4.79 Å². The van der Waals surface area contributed by atoms with Crippen molar-refractivity contribution in [2.24, 2.45) is 11.1 Å². The van der Waals surface area contributed by atoms with Gasteiger partial charge >= 0.3 is 5.97 Å². The largest absolute Gasteiger partial charge is 0.478 e. The Morgan fingerprint density at radius 2 is 2.00 bits per heavy atom. The van der Waals surface area contributed by atoms with Crippen LogP contribution in [0, 0.1) is 5.41 Å². The molecule has 110 valence electrons. The minimum absolute atomic E-state index is 0.0389. The molecule has 0 aliphatic heterocycles. The molecule has 0 fully saturated rings. The summed E-state index contributed by atoms with van der Waals surface area (Å²) in [4.78, 5) is 23.1. The van der Waals surface area contributed by atoms with Crippen molar-refractivity contribution in [1.82, 2.24) is 0 Å². The maximum Gasteiger partial charge on any atom is 0.337 e. The fourth-order valence-corrected chi connectivity index (χ4v) is 1.87. The zero-order chi connectivity index (χ0) is 15.5. The molecule has 0 saturated carbocycles. The molecule has 4 N–H and O–H groups in total. The van der Waals surface area contributed by atoms with Crippen LogP contribution in [0.25, 0.3) is 0 Å². The average Bonchev–Trinajstić information content (AvgIpc) is 2.29. The number of carbonyl (C=O) groups excluding carboxylic acids is 1. The fourth-order valence-electron chi connectivity index (χ4n) is 1.51. The van der Waals surface area contributed by atoms with Gasteiger partial charge in [0.2, 0.25) is 5.91 Å². The summed E-state index contributed by atoms with van der Waals surface area (Å²) in [5.41, 5.74) is 6.06. The normalized spacial score (nSPS) is 12.8. The summed E-state index contributed by atoms with van der Waals surface area (Å²) in [5, 5.41) is 11.7. The van der Waals surface area contributed by atoms with Gasteiger partial charge in [0.15, 0.2) is 0 Å². The number of hydrogen-bond donors (Lipinski definition) is 3. The predicted octanol–water partition coefficient (Wildman–Crippen LogP) is 2.85. The number of carboxylic acid groups (broad SMARTS) is 1. The minimum Gasteiger partial charge on any atom is -0.478 e. The van der Waals surface area contributed by atoms with E-state index in [1.165, 1.54) is 6.07 Å². The number of anilines is 1. The van der Waals surface area contributed by atoms with Crippen LogP contribution in [0.1, 0.15) is 37.6 Å². The molecule has 0 spiro atoms. The molecule has 0 aliphatic carbocycles. The highest BCUT2D eigenvalue weighted by atomic mass is 79.9. The number of benzene rings is 1. The number of nitrogens with two attached hydrogens (primary N) is 1. The van der Waals surface area contributed by atoms with Gasteiger partial charge in [-0.25, -0.2) is 4.79 Å². The number of amides is 1. The number of nitrogens with one attached hydrogen (secondary N) is 1. The van der Waals surface area contributed by atoms with Crippen LogP contribution in [0.4, 0.5) is 5.69 Å². The van der Waals surface area contributed by atoms with Crippen molar-refractivity contribution in [2.45, 2.75) is 33.2 Å². The lowest BCUT2D eigenvalue weighted by Gasteiger charge is -2.26. The first-order valence-electron chi connectivity index (χ1n) is 6.19. The van der Waals surface area contributed by atoms with Gasteiger partial charge in [-0.15, -0.1) is 0 Å². The molecular formula is C14H19BrN2O3. The highest BCUT2D eigenvalue weighted by Crippen LogP contribution is 2.23. The molecule has 5 nitrogen and oxygen atoms in total. The smallest absolute Gasteiger partial charge is 0.337 e. The SMILES string of the molecule is CC(C)(C)C(N)CC(=O)Nc1ccc(Br)cc1C(=O)O. The minimum atomic E-state index is -1.10. The van der Waals surface area contributed by atoms with E-state index in [1.807, 2.05) is 20.8 Å². The maximum atomic E-state index is 11.9. The number of halogens is 1. The van der Waals surface area contributed by atoms with Crippen LogP contribution in [0.2, 0.25) is 0 Å². The van der Waals surface area contributed by atoms with Crippen LogP contribution in [-0.2, 0) is 4.79 Å². The monoisotopic (exact) mass is 342 g/mol. The molecule has 1 aromatic carbocycles. The van der Waals surface area contributed by atoms with Crippen LogP contribution in [0.3, 0.4) is 0 Å². The van der Waals surface area contributed by atoms with Gasteiger partial charge in [0.25, 0.3) is 0 Å². The Morgan fingerprint density at radius 1 is 1.40 bits per heavy atom. The molecule has 0 saturated heterocycles. The van der Waals surface area contributed by atoms with Crippen LogP contribution in [-0.4, -0.2) is 23.0 Å². The third-order valence-corrected chi connectivity index (χ3v) is 3.50. The topological polar surface area (TPSA) is 92.4 Å². The number of carboxylic acids is 1. The lowest BCUT2D eigenvalue weighted by Crippen LogP contribution is -2.38. The van der Waals surface area contributed by atoms with E-state index in [-0.39, 0.29) is 35.0 Å². The maximum absolute atomic E-state index is 11.9. The van der Waals surface area contributed by atoms with Gasteiger partial charge in [-0.1, -0.05) is 36.7 Å². The molecule has 0 aromatic heterocycles. The number of carbonyl (C=O) groups is 2. The zero-order valence-electron chi connectivity index (χ0n) is 11.7. The first-order chi connectivity index (χ1) is 9.11. The van der Waals surface area contributed by atoms with Crippen LogP contribution in [0.5, 0.6) is 0 Å². The molecule has 0 heterocycles. The second-order valence-electron chi connectivity index (χ2n) is 5.72. The Balaban J connectivity index is 2.84. The van der Waals surface area contributed by atoms with E-state index in [0.29, 0.717) is 4.47 Å².